The van der Waals surface area contributed by atoms with Gasteiger partial charge in [0.2, 0.25) is 0 Å². The van der Waals surface area contributed by atoms with Crippen LogP contribution in [0.25, 0.3) is 0 Å². The van der Waals surface area contributed by atoms with Gasteiger partial charge in [-0.15, -0.1) is 0 Å². The normalized spacial score (nSPS) is 17.7. The van der Waals surface area contributed by atoms with Crippen LogP contribution in [-0.4, -0.2) is 5.97 Å². The maximum Gasteiger partial charge on any atom is 0.378 e. The van der Waals surface area contributed by atoms with Crippen LogP contribution in [0, 0.1) is 11.3 Å². The molecule has 1 aliphatic heterocycles. The number of benzene rings is 1. The highest BCUT2D eigenvalue weighted by Gasteiger charge is 2.31. The largest absolute Gasteiger partial charge is 0.378 e. The lowest BCUT2D eigenvalue weighted by atomic mass is 10.2. The lowest BCUT2D eigenvalue weighted by Gasteiger charge is -2.16. The van der Waals surface area contributed by atoms with Gasteiger partial charge in [-0.05, 0) is 19.1 Å². The Morgan fingerprint density at radius 1 is 1.61 bits per heavy atom. The predicted molar refractivity (Wildman–Crippen MR) is 61.0 cm³/mol. The standard InChI is InChI=1S/C10H8ClFN4O2/c1-5(14-13)9-10(17)18-15-16(9)6-2-3-7(11)8(12)4-6/h2-4,13,15H,1H3/b9-5+,14-13?. The number of allylic oxidation sites excluding steroid dienone is 1. The zero-order valence-corrected chi connectivity index (χ0v) is 9.95. The molecule has 0 aliphatic carbocycles. The van der Waals surface area contributed by atoms with E-state index in [0.29, 0.717) is 5.69 Å². The summed E-state index contributed by atoms with van der Waals surface area (Å²) in [6, 6.07) is 3.98. The van der Waals surface area contributed by atoms with Crippen molar-refractivity contribution in [2.45, 2.75) is 6.92 Å². The van der Waals surface area contributed by atoms with Crippen molar-refractivity contribution in [3.8, 4) is 0 Å². The van der Waals surface area contributed by atoms with Gasteiger partial charge in [0.25, 0.3) is 0 Å². The highest BCUT2D eigenvalue weighted by Crippen LogP contribution is 2.27. The van der Waals surface area contributed by atoms with Gasteiger partial charge < -0.3 is 4.84 Å². The summed E-state index contributed by atoms with van der Waals surface area (Å²) in [4.78, 5) is 16.1. The van der Waals surface area contributed by atoms with Crippen molar-refractivity contribution in [2.75, 3.05) is 5.01 Å². The first-order valence-electron chi connectivity index (χ1n) is 4.85. The van der Waals surface area contributed by atoms with E-state index in [9.17, 15) is 9.18 Å². The Morgan fingerprint density at radius 2 is 2.33 bits per heavy atom. The van der Waals surface area contributed by atoms with E-state index in [2.05, 4.69) is 15.5 Å². The summed E-state index contributed by atoms with van der Waals surface area (Å²) < 4.78 is 13.4. The zero-order valence-electron chi connectivity index (χ0n) is 9.20. The van der Waals surface area contributed by atoms with Crippen LogP contribution in [0.1, 0.15) is 6.92 Å². The van der Waals surface area contributed by atoms with Gasteiger partial charge in [0.1, 0.15) is 5.82 Å². The minimum absolute atomic E-state index is 0.0201. The van der Waals surface area contributed by atoms with Crippen molar-refractivity contribution in [2.24, 2.45) is 5.11 Å². The lowest BCUT2D eigenvalue weighted by Crippen LogP contribution is -2.29. The fourth-order valence-corrected chi connectivity index (χ4v) is 1.56. The Morgan fingerprint density at radius 3 is 2.94 bits per heavy atom. The summed E-state index contributed by atoms with van der Waals surface area (Å²) in [5, 5.41) is 4.32. The molecule has 18 heavy (non-hydrogen) atoms. The lowest BCUT2D eigenvalue weighted by molar-refractivity contribution is -0.140. The number of carbonyl (C=O) groups excluding carboxylic acids is 1. The van der Waals surface area contributed by atoms with Crippen LogP contribution < -0.4 is 10.6 Å². The third-order valence-electron chi connectivity index (χ3n) is 2.32. The van der Waals surface area contributed by atoms with E-state index in [-0.39, 0.29) is 16.4 Å². The highest BCUT2D eigenvalue weighted by atomic mass is 35.5. The van der Waals surface area contributed by atoms with E-state index in [4.69, 9.17) is 17.1 Å². The molecule has 1 heterocycles. The van der Waals surface area contributed by atoms with Crippen molar-refractivity contribution >= 4 is 23.3 Å². The van der Waals surface area contributed by atoms with Gasteiger partial charge in [-0.25, -0.2) is 19.7 Å². The van der Waals surface area contributed by atoms with Crippen LogP contribution in [0.3, 0.4) is 0 Å². The first kappa shape index (κ1) is 12.5. The van der Waals surface area contributed by atoms with Crippen molar-refractivity contribution in [3.63, 3.8) is 0 Å². The average Bonchev–Trinajstić information content (AvgIpc) is 2.74. The summed E-state index contributed by atoms with van der Waals surface area (Å²) in [5.41, 5.74) is 9.68. The van der Waals surface area contributed by atoms with E-state index in [1.165, 1.54) is 24.1 Å². The molecule has 0 aromatic heterocycles. The quantitative estimate of drug-likeness (QED) is 0.639. The Hall–Kier alpha value is -1.99. The van der Waals surface area contributed by atoms with Gasteiger partial charge in [-0.1, -0.05) is 17.2 Å². The second-order valence-electron chi connectivity index (χ2n) is 3.46. The molecule has 0 atom stereocenters. The van der Waals surface area contributed by atoms with E-state index < -0.39 is 11.8 Å². The topological polar surface area (TPSA) is 77.8 Å². The monoisotopic (exact) mass is 270 g/mol. The van der Waals surface area contributed by atoms with Gasteiger partial charge >= 0.3 is 5.97 Å². The minimum atomic E-state index is -0.696. The number of nitrogens with zero attached hydrogens (tertiary/aromatic N) is 2. The van der Waals surface area contributed by atoms with Gasteiger partial charge in [0.05, 0.1) is 16.4 Å². The summed E-state index contributed by atoms with van der Waals surface area (Å²) in [6.45, 7) is 1.47. The first-order valence-corrected chi connectivity index (χ1v) is 5.22. The van der Waals surface area contributed by atoms with Gasteiger partial charge in [0.15, 0.2) is 5.70 Å². The number of hydrogen-bond acceptors (Lipinski definition) is 6. The molecule has 0 spiro atoms. The predicted octanol–water partition coefficient (Wildman–Crippen LogP) is 2.52. The number of anilines is 1. The molecule has 1 fully saturated rings. The van der Waals surface area contributed by atoms with Crippen molar-refractivity contribution < 1.29 is 14.0 Å². The van der Waals surface area contributed by atoms with Crippen molar-refractivity contribution in [1.82, 2.24) is 5.59 Å². The third kappa shape index (κ3) is 2.05. The zero-order chi connectivity index (χ0) is 13.3. The van der Waals surface area contributed by atoms with Gasteiger partial charge in [-0.3, -0.25) is 0 Å². The number of hydrazine groups is 1. The number of rotatable bonds is 2. The van der Waals surface area contributed by atoms with Crippen LogP contribution in [0.2, 0.25) is 5.02 Å². The van der Waals surface area contributed by atoms with Gasteiger partial charge in [0, 0.05) is 6.07 Å². The summed E-state index contributed by atoms with van der Waals surface area (Å²) in [7, 11) is 0. The maximum absolute atomic E-state index is 13.4. The smallest absolute Gasteiger partial charge is 0.345 e. The summed E-state index contributed by atoms with van der Waals surface area (Å²) >= 11 is 5.57. The molecule has 1 aliphatic rings. The molecule has 0 saturated carbocycles. The summed E-state index contributed by atoms with van der Waals surface area (Å²) in [6.07, 6.45) is 0. The molecule has 0 radical (unpaired) electrons. The minimum Gasteiger partial charge on any atom is -0.345 e. The van der Waals surface area contributed by atoms with Crippen molar-refractivity contribution in [1.29, 1.82) is 5.53 Å². The second-order valence-corrected chi connectivity index (χ2v) is 3.87. The van der Waals surface area contributed by atoms with Crippen LogP contribution in [0.4, 0.5) is 10.1 Å². The van der Waals surface area contributed by atoms with E-state index in [1.54, 1.807) is 0 Å². The molecule has 1 aromatic rings. The Labute approximate surface area is 106 Å². The molecular formula is C10H8ClFN4O2. The first-order chi connectivity index (χ1) is 8.54. The van der Waals surface area contributed by atoms with Crippen LogP contribution in [0.5, 0.6) is 0 Å². The Bertz CT molecular complexity index is 561. The molecule has 6 nitrogen and oxygen atoms in total. The number of nitrogens with one attached hydrogen (secondary N) is 2. The molecule has 0 bridgehead atoms. The van der Waals surface area contributed by atoms with Crippen LogP contribution in [0.15, 0.2) is 34.7 Å². The molecule has 2 rings (SSSR count). The van der Waals surface area contributed by atoms with E-state index >= 15 is 0 Å². The highest BCUT2D eigenvalue weighted by molar-refractivity contribution is 6.30. The van der Waals surface area contributed by atoms with Crippen molar-refractivity contribution in [3.05, 3.63) is 40.4 Å². The second kappa shape index (κ2) is 4.71. The molecule has 0 amide bonds. The van der Waals surface area contributed by atoms with Gasteiger partial charge in [-0.2, -0.15) is 5.11 Å². The number of hydrogen-bond donors (Lipinski definition) is 2. The Kier molecular flexibility index (Phi) is 3.26. The number of halogens is 2. The fourth-order valence-electron chi connectivity index (χ4n) is 1.44. The molecule has 2 N–H and O–H groups in total. The third-order valence-corrected chi connectivity index (χ3v) is 2.62. The van der Waals surface area contributed by atoms with E-state index in [1.807, 2.05) is 0 Å². The molecule has 1 aromatic carbocycles. The van der Waals surface area contributed by atoms with Crippen LogP contribution in [-0.2, 0) is 9.63 Å². The summed E-state index contributed by atoms with van der Waals surface area (Å²) in [5.74, 6) is -1.33. The fraction of sp³-hybridized carbons (Fsp3) is 0.100. The Balaban J connectivity index is 2.47. The molecule has 94 valence electrons. The maximum atomic E-state index is 13.4. The SMILES string of the molecule is C/C(N=N)=C1/C(=O)ONN1c1ccc(Cl)c(F)c1. The average molecular weight is 271 g/mol. The van der Waals surface area contributed by atoms with Crippen LogP contribution >= 0.6 is 11.6 Å². The molecule has 8 heteroatoms. The number of carbonyl (C=O) groups is 1. The molecule has 1 saturated heterocycles. The molecular weight excluding hydrogens is 263 g/mol. The molecule has 0 unspecified atom stereocenters. The van der Waals surface area contributed by atoms with E-state index in [0.717, 1.165) is 6.07 Å².